The lowest BCUT2D eigenvalue weighted by Crippen LogP contribution is -2.33. The second kappa shape index (κ2) is 5.86. The molecule has 1 heterocycles. The number of terminal acetylenes is 1. The van der Waals surface area contributed by atoms with Crippen LogP contribution in [0.5, 0.6) is 0 Å². The molecule has 2 unspecified atom stereocenters. The zero-order valence-electron chi connectivity index (χ0n) is 10.3. The Labute approximate surface area is 103 Å². The van der Waals surface area contributed by atoms with E-state index in [-0.39, 0.29) is 0 Å². The van der Waals surface area contributed by atoms with Crippen LogP contribution in [0.1, 0.15) is 24.5 Å². The lowest BCUT2D eigenvalue weighted by Gasteiger charge is -2.19. The monoisotopic (exact) mass is 229 g/mol. The summed E-state index contributed by atoms with van der Waals surface area (Å²) in [4.78, 5) is 0. The van der Waals surface area contributed by atoms with Gasteiger partial charge < -0.3 is 10.1 Å². The molecule has 2 heteroatoms. The highest BCUT2D eigenvalue weighted by atomic mass is 16.5. The quantitative estimate of drug-likeness (QED) is 0.799. The Balaban J connectivity index is 1.86. The zero-order chi connectivity index (χ0) is 12.1. The van der Waals surface area contributed by atoms with Crippen LogP contribution in [-0.4, -0.2) is 19.3 Å². The van der Waals surface area contributed by atoms with Crippen LogP contribution in [0.25, 0.3) is 0 Å². The minimum absolute atomic E-state index is 0.493. The highest BCUT2D eigenvalue weighted by molar-refractivity contribution is 5.35. The number of hydrogen-bond acceptors (Lipinski definition) is 2. The third-order valence-corrected chi connectivity index (χ3v) is 3.39. The van der Waals surface area contributed by atoms with Gasteiger partial charge in [0.15, 0.2) is 0 Å². The molecule has 0 spiro atoms. The van der Waals surface area contributed by atoms with Crippen molar-refractivity contribution < 1.29 is 4.74 Å². The van der Waals surface area contributed by atoms with Crippen molar-refractivity contribution in [2.45, 2.75) is 25.9 Å². The van der Waals surface area contributed by atoms with E-state index in [0.717, 1.165) is 25.3 Å². The van der Waals surface area contributed by atoms with E-state index in [9.17, 15) is 0 Å². The fourth-order valence-electron chi connectivity index (χ4n) is 2.16. The van der Waals surface area contributed by atoms with E-state index in [1.165, 1.54) is 12.0 Å². The number of nitrogens with one attached hydrogen (secondary N) is 1. The van der Waals surface area contributed by atoms with Gasteiger partial charge >= 0.3 is 0 Å². The molecule has 1 aliphatic rings. The van der Waals surface area contributed by atoms with E-state index >= 15 is 0 Å². The average molecular weight is 229 g/mol. The summed E-state index contributed by atoms with van der Waals surface area (Å²) in [5, 5.41) is 3.54. The van der Waals surface area contributed by atoms with Crippen LogP contribution < -0.4 is 5.32 Å². The molecule has 1 saturated heterocycles. The highest BCUT2D eigenvalue weighted by Gasteiger charge is 2.21. The van der Waals surface area contributed by atoms with Crippen molar-refractivity contribution in [1.82, 2.24) is 5.32 Å². The molecule has 90 valence electrons. The van der Waals surface area contributed by atoms with Crippen LogP contribution in [0.4, 0.5) is 0 Å². The summed E-state index contributed by atoms with van der Waals surface area (Å²) >= 11 is 0. The molecule has 0 bridgehead atoms. The SMILES string of the molecule is C#Cc1cccc(CNC(C)C2CCOC2)c1. The normalized spacial score (nSPS) is 21.1. The van der Waals surface area contributed by atoms with Gasteiger partial charge in [0.2, 0.25) is 0 Å². The van der Waals surface area contributed by atoms with Gasteiger partial charge in [0, 0.05) is 24.8 Å². The largest absolute Gasteiger partial charge is 0.381 e. The summed E-state index contributed by atoms with van der Waals surface area (Å²) in [5.41, 5.74) is 2.19. The topological polar surface area (TPSA) is 21.3 Å². The molecule has 1 aromatic rings. The summed E-state index contributed by atoms with van der Waals surface area (Å²) in [7, 11) is 0. The van der Waals surface area contributed by atoms with E-state index in [1.54, 1.807) is 0 Å². The van der Waals surface area contributed by atoms with Gasteiger partial charge in [0.25, 0.3) is 0 Å². The van der Waals surface area contributed by atoms with Crippen molar-refractivity contribution >= 4 is 0 Å². The maximum absolute atomic E-state index is 5.40. The third kappa shape index (κ3) is 3.33. The molecule has 0 aliphatic carbocycles. The molecule has 1 N–H and O–H groups in total. The van der Waals surface area contributed by atoms with E-state index in [1.807, 2.05) is 12.1 Å². The number of rotatable bonds is 4. The predicted molar refractivity (Wildman–Crippen MR) is 69.6 cm³/mol. The van der Waals surface area contributed by atoms with Crippen molar-refractivity contribution in [3.63, 3.8) is 0 Å². The third-order valence-electron chi connectivity index (χ3n) is 3.39. The molecule has 0 aromatic heterocycles. The van der Waals surface area contributed by atoms with E-state index < -0.39 is 0 Å². The maximum atomic E-state index is 5.40. The first kappa shape index (κ1) is 12.2. The molecular formula is C15H19NO. The molecule has 2 nitrogen and oxygen atoms in total. The number of ether oxygens (including phenoxy) is 1. The van der Waals surface area contributed by atoms with Crippen molar-refractivity contribution in [2.75, 3.05) is 13.2 Å². The van der Waals surface area contributed by atoms with E-state index in [0.29, 0.717) is 12.0 Å². The van der Waals surface area contributed by atoms with Crippen molar-refractivity contribution in [1.29, 1.82) is 0 Å². The molecule has 1 aliphatic heterocycles. The summed E-state index contributed by atoms with van der Waals surface area (Å²) < 4.78 is 5.40. The molecule has 1 aromatic carbocycles. The first-order valence-corrected chi connectivity index (χ1v) is 6.16. The van der Waals surface area contributed by atoms with Crippen molar-refractivity contribution in [3.8, 4) is 12.3 Å². The van der Waals surface area contributed by atoms with Crippen LogP contribution in [0.3, 0.4) is 0 Å². The number of benzene rings is 1. The van der Waals surface area contributed by atoms with Crippen molar-refractivity contribution in [3.05, 3.63) is 35.4 Å². The maximum Gasteiger partial charge on any atom is 0.0509 e. The molecule has 1 fully saturated rings. The van der Waals surface area contributed by atoms with Crippen LogP contribution in [0, 0.1) is 18.3 Å². The molecule has 0 radical (unpaired) electrons. The van der Waals surface area contributed by atoms with Gasteiger partial charge in [-0.15, -0.1) is 6.42 Å². The molecule has 17 heavy (non-hydrogen) atoms. The van der Waals surface area contributed by atoms with Gasteiger partial charge in [-0.3, -0.25) is 0 Å². The predicted octanol–water partition coefficient (Wildman–Crippen LogP) is 2.18. The zero-order valence-corrected chi connectivity index (χ0v) is 10.3. The lowest BCUT2D eigenvalue weighted by atomic mass is 10.0. The first-order valence-electron chi connectivity index (χ1n) is 6.16. The Bertz CT molecular complexity index is 402. The summed E-state index contributed by atoms with van der Waals surface area (Å²) in [5.74, 6) is 3.31. The fraction of sp³-hybridized carbons (Fsp3) is 0.467. The summed E-state index contributed by atoms with van der Waals surface area (Å²) in [6.45, 7) is 4.89. The molecule has 0 amide bonds. The van der Waals surface area contributed by atoms with Gasteiger partial charge in [0.1, 0.15) is 0 Å². The minimum atomic E-state index is 0.493. The molecule has 2 rings (SSSR count). The van der Waals surface area contributed by atoms with Gasteiger partial charge in [-0.05, 0) is 37.0 Å². The Hall–Kier alpha value is -1.30. The summed E-state index contributed by atoms with van der Waals surface area (Å²) in [6.07, 6.45) is 6.55. The lowest BCUT2D eigenvalue weighted by molar-refractivity contribution is 0.178. The second-order valence-corrected chi connectivity index (χ2v) is 4.64. The van der Waals surface area contributed by atoms with Gasteiger partial charge in [-0.2, -0.15) is 0 Å². The Morgan fingerprint density at radius 3 is 3.18 bits per heavy atom. The second-order valence-electron chi connectivity index (χ2n) is 4.64. The van der Waals surface area contributed by atoms with Crippen LogP contribution >= 0.6 is 0 Å². The molecule has 2 atom stereocenters. The van der Waals surface area contributed by atoms with E-state index in [4.69, 9.17) is 11.2 Å². The Morgan fingerprint density at radius 1 is 1.59 bits per heavy atom. The standard InChI is InChI=1S/C15H19NO/c1-3-13-5-4-6-14(9-13)10-16-12(2)15-7-8-17-11-15/h1,4-6,9,12,15-16H,7-8,10-11H2,2H3. The van der Waals surface area contributed by atoms with Crippen LogP contribution in [0.15, 0.2) is 24.3 Å². The Kier molecular flexibility index (Phi) is 4.19. The number of hydrogen-bond donors (Lipinski definition) is 1. The highest BCUT2D eigenvalue weighted by Crippen LogP contribution is 2.16. The van der Waals surface area contributed by atoms with Gasteiger partial charge in [-0.25, -0.2) is 0 Å². The minimum Gasteiger partial charge on any atom is -0.381 e. The molecule has 0 saturated carbocycles. The smallest absolute Gasteiger partial charge is 0.0509 e. The molecular weight excluding hydrogens is 210 g/mol. The first-order chi connectivity index (χ1) is 8.29. The summed E-state index contributed by atoms with van der Waals surface area (Å²) in [6, 6.07) is 8.62. The van der Waals surface area contributed by atoms with E-state index in [2.05, 4.69) is 30.3 Å². The van der Waals surface area contributed by atoms with Gasteiger partial charge in [-0.1, -0.05) is 18.1 Å². The van der Waals surface area contributed by atoms with Crippen LogP contribution in [-0.2, 0) is 11.3 Å². The fourth-order valence-corrected chi connectivity index (χ4v) is 2.16. The van der Waals surface area contributed by atoms with Gasteiger partial charge in [0.05, 0.1) is 6.61 Å². The average Bonchev–Trinajstić information content (AvgIpc) is 2.90. The van der Waals surface area contributed by atoms with Crippen LogP contribution in [0.2, 0.25) is 0 Å². The van der Waals surface area contributed by atoms with Crippen molar-refractivity contribution in [2.24, 2.45) is 5.92 Å². The Morgan fingerprint density at radius 2 is 2.47 bits per heavy atom.